The van der Waals surface area contributed by atoms with Crippen LogP contribution in [-0.4, -0.2) is 56.0 Å². The molecule has 0 radical (unpaired) electrons. The Balaban J connectivity index is 1.87. The Morgan fingerprint density at radius 2 is 2.00 bits per heavy atom. The van der Waals surface area contributed by atoms with Crippen molar-refractivity contribution in [3.05, 3.63) is 23.8 Å². The van der Waals surface area contributed by atoms with Crippen molar-refractivity contribution in [2.24, 2.45) is 0 Å². The largest absolute Gasteiger partial charge is 0.397 e. The van der Waals surface area contributed by atoms with Crippen molar-refractivity contribution in [1.82, 2.24) is 9.80 Å². The lowest BCUT2D eigenvalue weighted by Gasteiger charge is -2.26. The highest BCUT2D eigenvalue weighted by Crippen LogP contribution is 2.20. The van der Waals surface area contributed by atoms with Crippen LogP contribution in [0, 0.1) is 0 Å². The highest BCUT2D eigenvalue weighted by atomic mass is 16.2. The van der Waals surface area contributed by atoms with E-state index in [4.69, 9.17) is 5.73 Å². The summed E-state index contributed by atoms with van der Waals surface area (Å²) in [6.07, 6.45) is 3.98. The first-order chi connectivity index (χ1) is 10.1. The fraction of sp³-hybridized carbons (Fsp3) is 0.562. The summed E-state index contributed by atoms with van der Waals surface area (Å²) in [5.74, 6) is -0.0263. The molecule has 1 amide bonds. The second kappa shape index (κ2) is 7.31. The van der Waals surface area contributed by atoms with Crippen LogP contribution in [0.2, 0.25) is 0 Å². The predicted octanol–water partition coefficient (Wildman–Crippen LogP) is 1.87. The van der Waals surface area contributed by atoms with Gasteiger partial charge < -0.3 is 20.9 Å². The van der Waals surface area contributed by atoms with E-state index in [-0.39, 0.29) is 5.91 Å². The minimum absolute atomic E-state index is 0.0263. The second-order valence-corrected chi connectivity index (χ2v) is 5.83. The Morgan fingerprint density at radius 3 is 2.62 bits per heavy atom. The van der Waals surface area contributed by atoms with E-state index in [1.54, 1.807) is 25.1 Å². The number of nitrogens with one attached hydrogen (secondary N) is 1. The molecule has 0 unspecified atom stereocenters. The minimum atomic E-state index is -0.0263. The van der Waals surface area contributed by atoms with Crippen LogP contribution in [0.4, 0.5) is 11.4 Å². The SMILES string of the molecule is CN(C)C(=O)c1ccc(NCCN2CCCCC2)c(N)c1. The lowest BCUT2D eigenvalue weighted by Crippen LogP contribution is -2.33. The van der Waals surface area contributed by atoms with Crippen LogP contribution in [0.5, 0.6) is 0 Å². The van der Waals surface area contributed by atoms with Crippen LogP contribution in [0.3, 0.4) is 0 Å². The van der Waals surface area contributed by atoms with Crippen LogP contribution in [0.1, 0.15) is 29.6 Å². The molecular formula is C16H26N4O. The molecular weight excluding hydrogens is 264 g/mol. The third kappa shape index (κ3) is 4.36. The fourth-order valence-electron chi connectivity index (χ4n) is 2.65. The van der Waals surface area contributed by atoms with E-state index in [0.29, 0.717) is 11.3 Å². The highest BCUT2D eigenvalue weighted by molar-refractivity contribution is 5.95. The number of nitrogens with zero attached hydrogens (tertiary/aromatic N) is 2. The average molecular weight is 290 g/mol. The molecule has 21 heavy (non-hydrogen) atoms. The molecule has 0 aliphatic carbocycles. The van der Waals surface area contributed by atoms with Gasteiger partial charge in [0.05, 0.1) is 11.4 Å². The van der Waals surface area contributed by atoms with Crippen LogP contribution in [0.25, 0.3) is 0 Å². The number of anilines is 2. The van der Waals surface area contributed by atoms with Gasteiger partial charge in [-0.1, -0.05) is 6.42 Å². The zero-order valence-electron chi connectivity index (χ0n) is 13.1. The summed E-state index contributed by atoms with van der Waals surface area (Å²) in [6.45, 7) is 4.32. The fourth-order valence-corrected chi connectivity index (χ4v) is 2.65. The normalized spacial score (nSPS) is 15.7. The molecule has 5 heteroatoms. The Morgan fingerprint density at radius 1 is 1.29 bits per heavy atom. The van der Waals surface area contributed by atoms with Gasteiger partial charge in [0.15, 0.2) is 0 Å². The molecule has 1 aromatic rings. The van der Waals surface area contributed by atoms with Gasteiger partial charge in [-0.25, -0.2) is 0 Å². The number of hydrogen-bond donors (Lipinski definition) is 2. The van der Waals surface area contributed by atoms with E-state index in [9.17, 15) is 4.79 Å². The molecule has 1 fully saturated rings. The van der Waals surface area contributed by atoms with Crippen LogP contribution in [-0.2, 0) is 0 Å². The Labute approximate surface area is 127 Å². The predicted molar refractivity (Wildman–Crippen MR) is 87.7 cm³/mol. The lowest BCUT2D eigenvalue weighted by atomic mass is 10.1. The molecule has 0 bridgehead atoms. The number of likely N-dealkylation sites (tertiary alicyclic amines) is 1. The van der Waals surface area contributed by atoms with E-state index in [0.717, 1.165) is 18.8 Å². The van der Waals surface area contributed by atoms with E-state index >= 15 is 0 Å². The van der Waals surface area contributed by atoms with E-state index in [1.165, 1.54) is 32.4 Å². The molecule has 1 aliphatic rings. The van der Waals surface area contributed by atoms with E-state index < -0.39 is 0 Å². The van der Waals surface area contributed by atoms with Gasteiger partial charge in [0, 0.05) is 32.7 Å². The van der Waals surface area contributed by atoms with Crippen molar-refractivity contribution in [3.8, 4) is 0 Å². The Hall–Kier alpha value is -1.75. The van der Waals surface area contributed by atoms with Gasteiger partial charge in [0.1, 0.15) is 0 Å². The van der Waals surface area contributed by atoms with Crippen molar-refractivity contribution < 1.29 is 4.79 Å². The van der Waals surface area contributed by atoms with Crippen LogP contribution in [0.15, 0.2) is 18.2 Å². The van der Waals surface area contributed by atoms with Gasteiger partial charge >= 0.3 is 0 Å². The second-order valence-electron chi connectivity index (χ2n) is 5.83. The van der Waals surface area contributed by atoms with Crippen molar-refractivity contribution in [2.45, 2.75) is 19.3 Å². The number of nitrogen functional groups attached to an aromatic ring is 1. The molecule has 1 aromatic carbocycles. The lowest BCUT2D eigenvalue weighted by molar-refractivity contribution is 0.0827. The third-order valence-corrected chi connectivity index (χ3v) is 3.90. The average Bonchev–Trinajstić information content (AvgIpc) is 2.49. The van der Waals surface area contributed by atoms with E-state index in [2.05, 4.69) is 10.2 Å². The monoisotopic (exact) mass is 290 g/mol. The first-order valence-corrected chi connectivity index (χ1v) is 7.65. The number of carbonyl (C=O) groups is 1. The quantitative estimate of drug-likeness (QED) is 0.813. The first kappa shape index (κ1) is 15.6. The molecule has 1 heterocycles. The van der Waals surface area contributed by atoms with Gasteiger partial charge in [-0.15, -0.1) is 0 Å². The van der Waals surface area contributed by atoms with E-state index in [1.807, 2.05) is 12.1 Å². The van der Waals surface area contributed by atoms with Crippen molar-refractivity contribution in [2.75, 3.05) is 51.3 Å². The van der Waals surface area contributed by atoms with Crippen molar-refractivity contribution >= 4 is 17.3 Å². The zero-order valence-corrected chi connectivity index (χ0v) is 13.1. The van der Waals surface area contributed by atoms with Gasteiger partial charge in [0.2, 0.25) is 0 Å². The summed E-state index contributed by atoms with van der Waals surface area (Å²) in [6, 6.07) is 5.45. The van der Waals surface area contributed by atoms with Crippen molar-refractivity contribution in [1.29, 1.82) is 0 Å². The molecule has 0 aromatic heterocycles. The zero-order chi connectivity index (χ0) is 15.2. The maximum absolute atomic E-state index is 11.9. The topological polar surface area (TPSA) is 61.6 Å². The summed E-state index contributed by atoms with van der Waals surface area (Å²) < 4.78 is 0. The number of piperidine rings is 1. The smallest absolute Gasteiger partial charge is 0.253 e. The summed E-state index contributed by atoms with van der Waals surface area (Å²) in [4.78, 5) is 15.9. The van der Waals surface area contributed by atoms with Crippen molar-refractivity contribution in [3.63, 3.8) is 0 Å². The highest BCUT2D eigenvalue weighted by Gasteiger charge is 2.11. The summed E-state index contributed by atoms with van der Waals surface area (Å²) in [5, 5.41) is 3.36. The molecule has 1 saturated heterocycles. The van der Waals surface area contributed by atoms with Gasteiger partial charge in [-0.05, 0) is 44.1 Å². The number of hydrogen-bond acceptors (Lipinski definition) is 4. The Bertz CT molecular complexity index is 481. The Kier molecular flexibility index (Phi) is 5.44. The number of carbonyl (C=O) groups excluding carboxylic acids is 1. The third-order valence-electron chi connectivity index (χ3n) is 3.90. The summed E-state index contributed by atoms with van der Waals surface area (Å²) in [7, 11) is 3.48. The maximum Gasteiger partial charge on any atom is 0.253 e. The van der Waals surface area contributed by atoms with Gasteiger partial charge in [-0.3, -0.25) is 4.79 Å². The molecule has 0 atom stereocenters. The van der Waals surface area contributed by atoms with Crippen LogP contribution < -0.4 is 11.1 Å². The molecule has 1 aliphatic heterocycles. The standard InChI is InChI=1S/C16H26N4O/c1-19(2)16(21)13-6-7-15(14(17)12-13)18-8-11-20-9-4-3-5-10-20/h6-7,12,18H,3-5,8-11,17H2,1-2H3. The number of nitrogens with two attached hydrogens (primary N) is 1. The molecule has 5 nitrogen and oxygen atoms in total. The van der Waals surface area contributed by atoms with Crippen LogP contribution >= 0.6 is 0 Å². The summed E-state index contributed by atoms with van der Waals surface area (Å²) >= 11 is 0. The molecule has 0 saturated carbocycles. The molecule has 3 N–H and O–H groups in total. The maximum atomic E-state index is 11.9. The van der Waals surface area contributed by atoms with Gasteiger partial charge in [0.25, 0.3) is 5.91 Å². The summed E-state index contributed by atoms with van der Waals surface area (Å²) in [5.41, 5.74) is 8.19. The molecule has 0 spiro atoms. The number of amides is 1. The molecule has 2 rings (SSSR count). The van der Waals surface area contributed by atoms with Gasteiger partial charge in [-0.2, -0.15) is 0 Å². The first-order valence-electron chi connectivity index (χ1n) is 7.65. The molecule has 116 valence electrons. The number of rotatable bonds is 5. The number of benzene rings is 1. The minimum Gasteiger partial charge on any atom is -0.397 e.